The van der Waals surface area contributed by atoms with Gasteiger partial charge in [-0.25, -0.2) is 4.39 Å². The number of hydrogen-bond acceptors (Lipinski definition) is 5. The van der Waals surface area contributed by atoms with Crippen molar-refractivity contribution in [3.05, 3.63) is 52.8 Å². The Bertz CT molecular complexity index is 938. The molecule has 2 aromatic rings. The molecule has 152 valence electrons. The van der Waals surface area contributed by atoms with Crippen LogP contribution in [-0.2, 0) is 20.7 Å². The Hall–Kier alpha value is -2.80. The van der Waals surface area contributed by atoms with Gasteiger partial charge >= 0.3 is 5.97 Å². The molecule has 0 unspecified atom stereocenters. The van der Waals surface area contributed by atoms with Crippen molar-refractivity contribution in [1.29, 1.82) is 0 Å². The quantitative estimate of drug-likeness (QED) is 0.733. The normalized spacial score (nSPS) is 16.1. The lowest BCUT2D eigenvalue weighted by Crippen LogP contribution is -2.34. The van der Waals surface area contributed by atoms with Crippen molar-refractivity contribution in [3.63, 3.8) is 0 Å². The molecule has 0 bridgehead atoms. The first kappa shape index (κ1) is 19.5. The maximum atomic E-state index is 13.7. The van der Waals surface area contributed by atoms with Crippen LogP contribution in [0, 0.1) is 5.82 Å². The van der Waals surface area contributed by atoms with E-state index in [4.69, 9.17) is 25.8 Å². The Morgan fingerprint density at radius 1 is 1.14 bits per heavy atom. The summed E-state index contributed by atoms with van der Waals surface area (Å²) in [5, 5.41) is 2.77. The Kier molecular flexibility index (Phi) is 5.32. The van der Waals surface area contributed by atoms with Crippen LogP contribution in [0.1, 0.15) is 31.2 Å². The van der Waals surface area contributed by atoms with Crippen LogP contribution in [-0.4, -0.2) is 24.3 Å². The number of ether oxygens (including phenoxy) is 3. The number of halogens is 2. The zero-order chi connectivity index (χ0) is 20.4. The van der Waals surface area contributed by atoms with E-state index in [1.54, 1.807) is 18.2 Å². The molecule has 1 N–H and O–H groups in total. The Labute approximate surface area is 171 Å². The van der Waals surface area contributed by atoms with Gasteiger partial charge in [0.25, 0.3) is 11.7 Å². The van der Waals surface area contributed by atoms with E-state index < -0.39 is 30.1 Å². The smallest absolute Gasteiger partial charge is 0.310 e. The monoisotopic (exact) mass is 419 g/mol. The highest BCUT2D eigenvalue weighted by Crippen LogP contribution is 2.47. The molecule has 1 amide bonds. The van der Waals surface area contributed by atoms with E-state index >= 15 is 0 Å². The number of carbonyl (C=O) groups excluding carboxylic acids is 2. The van der Waals surface area contributed by atoms with Crippen LogP contribution in [0.3, 0.4) is 0 Å². The number of fused-ring (bicyclic) bond motifs is 1. The molecule has 0 saturated heterocycles. The molecular formula is C21H19ClFNO5. The number of nitrogens with one attached hydrogen (secondary N) is 1. The van der Waals surface area contributed by atoms with E-state index in [0.29, 0.717) is 17.2 Å². The molecule has 1 aliphatic carbocycles. The molecule has 2 aliphatic rings. The van der Waals surface area contributed by atoms with Gasteiger partial charge in [0.05, 0.1) is 6.42 Å². The minimum Gasteiger partial charge on any atom is -0.455 e. The molecule has 1 aliphatic heterocycles. The van der Waals surface area contributed by atoms with Crippen LogP contribution in [0.4, 0.5) is 10.1 Å². The molecule has 2 aromatic carbocycles. The predicted octanol–water partition coefficient (Wildman–Crippen LogP) is 4.25. The predicted molar refractivity (Wildman–Crippen MR) is 104 cm³/mol. The molecule has 1 saturated carbocycles. The van der Waals surface area contributed by atoms with E-state index in [0.717, 1.165) is 25.7 Å². The first-order chi connectivity index (χ1) is 13.9. The fourth-order valence-corrected chi connectivity index (χ4v) is 3.76. The number of amides is 1. The Balaban J connectivity index is 1.30. The second-order valence-corrected chi connectivity index (χ2v) is 7.48. The lowest BCUT2D eigenvalue weighted by atomic mass is 10.1. The summed E-state index contributed by atoms with van der Waals surface area (Å²) in [6.07, 6.45) is 3.43. The van der Waals surface area contributed by atoms with Gasteiger partial charge in [-0.05, 0) is 37.1 Å². The minimum absolute atomic E-state index is 0.0381. The van der Waals surface area contributed by atoms with Crippen LogP contribution >= 0.6 is 11.6 Å². The van der Waals surface area contributed by atoms with Gasteiger partial charge in [-0.15, -0.1) is 0 Å². The summed E-state index contributed by atoms with van der Waals surface area (Å²) in [6, 6.07) is 9.24. The molecule has 8 heteroatoms. The standard InChI is InChI=1S/C21H19ClFNO5/c22-15-4-3-5-16(23)14(15)11-20(26)27-12-19(25)24-13-6-7-17-18(10-13)29-21(28-17)8-1-2-9-21/h3-7,10H,1-2,8-9,11-12H2,(H,24,25). The lowest BCUT2D eigenvalue weighted by molar-refractivity contribution is -0.146. The molecule has 1 heterocycles. The molecule has 1 spiro atoms. The lowest BCUT2D eigenvalue weighted by Gasteiger charge is -2.21. The number of rotatable bonds is 5. The van der Waals surface area contributed by atoms with Crippen molar-refractivity contribution in [1.82, 2.24) is 0 Å². The van der Waals surface area contributed by atoms with Crippen molar-refractivity contribution in [3.8, 4) is 11.5 Å². The number of esters is 1. The summed E-state index contributed by atoms with van der Waals surface area (Å²) in [7, 11) is 0. The average molecular weight is 420 g/mol. The van der Waals surface area contributed by atoms with E-state index in [-0.39, 0.29) is 17.0 Å². The third-order valence-electron chi connectivity index (χ3n) is 4.93. The van der Waals surface area contributed by atoms with Gasteiger partial charge in [0, 0.05) is 35.2 Å². The molecule has 29 heavy (non-hydrogen) atoms. The van der Waals surface area contributed by atoms with Crippen LogP contribution in [0.25, 0.3) is 0 Å². The van der Waals surface area contributed by atoms with E-state index in [1.807, 2.05) is 0 Å². The number of hydrogen-bond donors (Lipinski definition) is 1. The second kappa shape index (κ2) is 7.91. The van der Waals surface area contributed by atoms with Gasteiger partial charge in [0.1, 0.15) is 5.82 Å². The highest BCUT2D eigenvalue weighted by Gasteiger charge is 2.44. The molecule has 0 atom stereocenters. The van der Waals surface area contributed by atoms with Gasteiger partial charge in [-0.2, -0.15) is 0 Å². The largest absolute Gasteiger partial charge is 0.455 e. The van der Waals surface area contributed by atoms with E-state index in [9.17, 15) is 14.0 Å². The molecule has 0 aromatic heterocycles. The van der Waals surface area contributed by atoms with Crippen LogP contribution in [0.2, 0.25) is 5.02 Å². The zero-order valence-electron chi connectivity index (χ0n) is 15.5. The number of carbonyl (C=O) groups is 2. The van der Waals surface area contributed by atoms with Crippen molar-refractivity contribution in [2.45, 2.75) is 37.9 Å². The van der Waals surface area contributed by atoms with E-state index in [1.165, 1.54) is 18.2 Å². The summed E-state index contributed by atoms with van der Waals surface area (Å²) in [4.78, 5) is 24.0. The first-order valence-electron chi connectivity index (χ1n) is 9.35. The fraction of sp³-hybridized carbons (Fsp3) is 0.333. The van der Waals surface area contributed by atoms with Crippen LogP contribution in [0.5, 0.6) is 11.5 Å². The first-order valence-corrected chi connectivity index (χ1v) is 9.72. The van der Waals surface area contributed by atoms with Crippen molar-refractivity contribution < 1.29 is 28.2 Å². The molecule has 1 fully saturated rings. The zero-order valence-corrected chi connectivity index (χ0v) is 16.3. The van der Waals surface area contributed by atoms with Crippen LogP contribution < -0.4 is 14.8 Å². The van der Waals surface area contributed by atoms with Crippen molar-refractivity contribution >= 4 is 29.2 Å². The van der Waals surface area contributed by atoms with Gasteiger partial charge in [-0.1, -0.05) is 17.7 Å². The number of anilines is 1. The van der Waals surface area contributed by atoms with Crippen molar-refractivity contribution in [2.24, 2.45) is 0 Å². The topological polar surface area (TPSA) is 73.9 Å². The summed E-state index contributed by atoms with van der Waals surface area (Å²) >= 11 is 5.89. The van der Waals surface area contributed by atoms with Gasteiger partial charge in [0.2, 0.25) is 0 Å². The molecule has 4 rings (SSSR count). The fourth-order valence-electron chi connectivity index (χ4n) is 3.53. The second-order valence-electron chi connectivity index (χ2n) is 7.07. The third-order valence-corrected chi connectivity index (χ3v) is 5.29. The minimum atomic E-state index is -0.749. The van der Waals surface area contributed by atoms with Crippen LogP contribution in [0.15, 0.2) is 36.4 Å². The molecule has 6 nitrogen and oxygen atoms in total. The van der Waals surface area contributed by atoms with Crippen molar-refractivity contribution in [2.75, 3.05) is 11.9 Å². The van der Waals surface area contributed by atoms with Gasteiger partial charge < -0.3 is 19.5 Å². The summed E-state index contributed by atoms with van der Waals surface area (Å²) in [6.45, 7) is -0.497. The average Bonchev–Trinajstić information content (AvgIpc) is 3.28. The third kappa shape index (κ3) is 4.29. The van der Waals surface area contributed by atoms with E-state index in [2.05, 4.69) is 5.32 Å². The number of benzene rings is 2. The molecule has 0 radical (unpaired) electrons. The molecular weight excluding hydrogens is 401 g/mol. The maximum absolute atomic E-state index is 13.7. The SMILES string of the molecule is O=C(COC(=O)Cc1c(F)cccc1Cl)Nc1ccc2c(c1)OC1(CCCC1)O2. The highest BCUT2D eigenvalue weighted by molar-refractivity contribution is 6.31. The van der Waals surface area contributed by atoms with Gasteiger partial charge in [-0.3, -0.25) is 9.59 Å². The summed E-state index contributed by atoms with van der Waals surface area (Å²) in [5.74, 6) is -1.21. The highest BCUT2D eigenvalue weighted by atomic mass is 35.5. The maximum Gasteiger partial charge on any atom is 0.310 e. The Morgan fingerprint density at radius 3 is 2.66 bits per heavy atom. The Morgan fingerprint density at radius 2 is 1.90 bits per heavy atom. The summed E-state index contributed by atoms with van der Waals surface area (Å²) in [5.41, 5.74) is 0.539. The summed E-state index contributed by atoms with van der Waals surface area (Å²) < 4.78 is 30.5. The van der Waals surface area contributed by atoms with Gasteiger partial charge in [0.15, 0.2) is 18.1 Å².